The first-order chi connectivity index (χ1) is 14.7. The van der Waals surface area contributed by atoms with E-state index in [-0.39, 0.29) is 0 Å². The fourth-order valence-corrected chi connectivity index (χ4v) is 4.52. The predicted octanol–water partition coefficient (Wildman–Crippen LogP) is 5.50. The summed E-state index contributed by atoms with van der Waals surface area (Å²) in [6.45, 7) is 17.0. The number of likely N-dealkylation sites (tertiary alicyclic amines) is 1. The Morgan fingerprint density at radius 1 is 1.37 bits per heavy atom. The zero-order chi connectivity index (χ0) is 21.3. The second-order valence-electron chi connectivity index (χ2n) is 7.45. The molecule has 1 aliphatic heterocycles. The van der Waals surface area contributed by atoms with Gasteiger partial charge >= 0.3 is 0 Å². The third kappa shape index (κ3) is 5.58. The highest BCUT2D eigenvalue weighted by Crippen LogP contribution is 2.35. The molecule has 0 unspecified atom stereocenters. The van der Waals surface area contributed by atoms with Gasteiger partial charge in [0.15, 0.2) is 5.13 Å². The molecule has 5 nitrogen and oxygen atoms in total. The number of nitrogens with zero attached hydrogens (tertiary/aromatic N) is 3. The van der Waals surface area contributed by atoms with Crippen LogP contribution >= 0.6 is 11.3 Å². The molecule has 30 heavy (non-hydrogen) atoms. The van der Waals surface area contributed by atoms with E-state index in [0.29, 0.717) is 6.61 Å². The van der Waals surface area contributed by atoms with Crippen molar-refractivity contribution in [1.82, 2.24) is 9.88 Å². The molecular weight excluding hydrogens is 392 g/mol. The van der Waals surface area contributed by atoms with Crippen LogP contribution in [0.1, 0.15) is 42.2 Å². The number of aliphatic imine (C=N–C) groups is 1. The molecule has 3 rings (SSSR count). The van der Waals surface area contributed by atoms with E-state index in [4.69, 9.17) is 4.74 Å². The first-order valence-corrected chi connectivity index (χ1v) is 11.5. The summed E-state index contributed by atoms with van der Waals surface area (Å²) < 4.78 is 5.99. The summed E-state index contributed by atoms with van der Waals surface area (Å²) in [4.78, 5) is 12.3. The number of hydrogen-bond donors (Lipinski definition) is 1. The van der Waals surface area contributed by atoms with Gasteiger partial charge in [-0.3, -0.25) is 9.89 Å². The molecule has 1 saturated heterocycles. The van der Waals surface area contributed by atoms with E-state index < -0.39 is 0 Å². The summed E-state index contributed by atoms with van der Waals surface area (Å²) in [5, 5.41) is 4.24. The van der Waals surface area contributed by atoms with E-state index in [1.54, 1.807) is 11.3 Å². The van der Waals surface area contributed by atoms with Crippen molar-refractivity contribution in [2.45, 2.75) is 33.1 Å². The quantitative estimate of drug-likeness (QED) is 0.382. The number of nitrogens with one attached hydrogen (secondary N) is 1. The van der Waals surface area contributed by atoms with Gasteiger partial charge in [-0.2, -0.15) is 0 Å². The molecule has 0 atom stereocenters. The molecule has 0 amide bonds. The van der Waals surface area contributed by atoms with Crippen molar-refractivity contribution in [3.05, 3.63) is 53.1 Å². The minimum Gasteiger partial charge on any atom is -0.492 e. The van der Waals surface area contributed by atoms with E-state index in [1.807, 2.05) is 18.3 Å². The number of thiazole rings is 1. The number of anilines is 1. The summed E-state index contributed by atoms with van der Waals surface area (Å²) in [6, 6.07) is 6.15. The molecule has 1 aromatic heterocycles. The Bertz CT molecular complexity index is 896. The summed E-state index contributed by atoms with van der Waals surface area (Å²) in [7, 11) is 0. The molecule has 0 aliphatic carbocycles. The Kier molecular flexibility index (Phi) is 8.22. The van der Waals surface area contributed by atoms with E-state index in [2.05, 4.69) is 59.5 Å². The molecule has 0 spiro atoms. The average Bonchev–Trinajstić information content (AvgIpc) is 3.43. The zero-order valence-corrected chi connectivity index (χ0v) is 18.9. The average molecular weight is 425 g/mol. The molecule has 2 heterocycles. The number of rotatable bonds is 11. The van der Waals surface area contributed by atoms with E-state index in [1.165, 1.54) is 25.9 Å². The number of allylic oxidation sites excluding steroid dienone is 2. The maximum absolute atomic E-state index is 5.99. The fourth-order valence-electron chi connectivity index (χ4n) is 3.63. The molecule has 0 bridgehead atoms. The van der Waals surface area contributed by atoms with Gasteiger partial charge < -0.3 is 10.1 Å². The van der Waals surface area contributed by atoms with Crippen molar-refractivity contribution in [3.8, 4) is 5.75 Å². The Labute approximate surface area is 184 Å². The predicted molar refractivity (Wildman–Crippen MR) is 130 cm³/mol. The van der Waals surface area contributed by atoms with Gasteiger partial charge in [0.2, 0.25) is 0 Å². The topological polar surface area (TPSA) is 49.8 Å². The highest BCUT2D eigenvalue weighted by Gasteiger charge is 2.14. The van der Waals surface area contributed by atoms with Crippen LogP contribution in [-0.4, -0.2) is 49.4 Å². The number of benzene rings is 1. The van der Waals surface area contributed by atoms with Crippen LogP contribution in [0.25, 0.3) is 11.3 Å². The first kappa shape index (κ1) is 22.2. The Hall–Kier alpha value is -2.44. The summed E-state index contributed by atoms with van der Waals surface area (Å²) in [5.74, 6) is 0.892. The molecular formula is C24H32N4OS. The molecule has 2 aromatic rings. The molecule has 6 heteroatoms. The van der Waals surface area contributed by atoms with Gasteiger partial charge in [0.05, 0.1) is 10.6 Å². The van der Waals surface area contributed by atoms with Crippen molar-refractivity contribution in [3.63, 3.8) is 0 Å². The third-order valence-corrected chi connectivity index (χ3v) is 6.23. The first-order valence-electron chi connectivity index (χ1n) is 10.7. The number of aromatic nitrogens is 1. The molecule has 0 saturated carbocycles. The van der Waals surface area contributed by atoms with E-state index >= 15 is 0 Å². The van der Waals surface area contributed by atoms with Gasteiger partial charge in [-0.25, -0.2) is 4.98 Å². The lowest BCUT2D eigenvalue weighted by atomic mass is 10.0. The van der Waals surface area contributed by atoms with Gasteiger partial charge in [-0.1, -0.05) is 30.9 Å². The van der Waals surface area contributed by atoms with E-state index in [0.717, 1.165) is 57.7 Å². The maximum atomic E-state index is 5.99. The summed E-state index contributed by atoms with van der Waals surface area (Å²) >= 11 is 1.61. The number of ether oxygens (including phenoxy) is 1. The Balaban J connectivity index is 1.77. The SMILES string of the molecule is C=C/C(=C(\N=C)c1ccc(OCCN2CCCC2)cc1C)c1cnc(NCCC)s1. The largest absolute Gasteiger partial charge is 0.492 e. The van der Waals surface area contributed by atoms with Gasteiger partial charge in [0.1, 0.15) is 12.4 Å². The van der Waals surface area contributed by atoms with Crippen molar-refractivity contribution in [2.24, 2.45) is 4.99 Å². The summed E-state index contributed by atoms with van der Waals surface area (Å²) in [6.07, 6.45) is 7.37. The third-order valence-electron chi connectivity index (χ3n) is 5.24. The van der Waals surface area contributed by atoms with Crippen LogP contribution < -0.4 is 10.1 Å². The van der Waals surface area contributed by atoms with Gasteiger partial charge in [-0.05, 0) is 69.8 Å². The van der Waals surface area contributed by atoms with Crippen LogP contribution in [0.5, 0.6) is 5.75 Å². The lowest BCUT2D eigenvalue weighted by Gasteiger charge is -2.16. The molecule has 1 N–H and O–H groups in total. The lowest BCUT2D eigenvalue weighted by molar-refractivity contribution is 0.237. The van der Waals surface area contributed by atoms with Gasteiger partial charge in [0.25, 0.3) is 0 Å². The molecule has 1 fully saturated rings. The highest BCUT2D eigenvalue weighted by atomic mass is 32.1. The van der Waals surface area contributed by atoms with Gasteiger partial charge in [-0.15, -0.1) is 0 Å². The van der Waals surface area contributed by atoms with Gasteiger partial charge in [0, 0.05) is 30.4 Å². The number of aryl methyl sites for hydroxylation is 1. The maximum Gasteiger partial charge on any atom is 0.183 e. The monoisotopic (exact) mass is 424 g/mol. The van der Waals surface area contributed by atoms with Crippen LogP contribution in [0.4, 0.5) is 5.13 Å². The standard InChI is InChI=1S/C24H32N4OS/c1-5-11-26-24-27-17-22(30-24)20(6-2)23(25-4)21-10-9-19(16-18(21)3)29-15-14-28-12-7-8-13-28/h6,9-10,16-17H,2,4-5,7-8,11-15H2,1,3H3,(H,26,27)/b23-20+. The van der Waals surface area contributed by atoms with Crippen LogP contribution in [0.2, 0.25) is 0 Å². The van der Waals surface area contributed by atoms with Crippen molar-refractivity contribution >= 4 is 34.5 Å². The Morgan fingerprint density at radius 3 is 2.83 bits per heavy atom. The normalized spacial score (nSPS) is 15.0. The fraction of sp³-hybridized carbons (Fsp3) is 0.417. The van der Waals surface area contributed by atoms with Crippen molar-refractivity contribution in [2.75, 3.05) is 38.1 Å². The minimum atomic E-state index is 0.716. The van der Waals surface area contributed by atoms with E-state index in [9.17, 15) is 0 Å². The highest BCUT2D eigenvalue weighted by molar-refractivity contribution is 7.16. The van der Waals surface area contributed by atoms with Crippen LogP contribution in [0, 0.1) is 6.92 Å². The number of hydrogen-bond acceptors (Lipinski definition) is 6. The molecule has 0 radical (unpaired) electrons. The minimum absolute atomic E-state index is 0.716. The lowest BCUT2D eigenvalue weighted by Crippen LogP contribution is -2.25. The van der Waals surface area contributed by atoms with Crippen LogP contribution in [0.3, 0.4) is 0 Å². The van der Waals surface area contributed by atoms with Crippen LogP contribution in [-0.2, 0) is 0 Å². The van der Waals surface area contributed by atoms with Crippen molar-refractivity contribution < 1.29 is 4.74 Å². The van der Waals surface area contributed by atoms with Crippen molar-refractivity contribution in [1.29, 1.82) is 0 Å². The zero-order valence-electron chi connectivity index (χ0n) is 18.1. The summed E-state index contributed by atoms with van der Waals surface area (Å²) in [5.41, 5.74) is 3.89. The molecule has 160 valence electrons. The molecule has 1 aromatic carbocycles. The second-order valence-corrected chi connectivity index (χ2v) is 8.49. The van der Waals surface area contributed by atoms with Crippen LogP contribution in [0.15, 0.2) is 42.0 Å². The smallest absolute Gasteiger partial charge is 0.183 e. The molecule has 1 aliphatic rings. The second kappa shape index (κ2) is 11.1. The Morgan fingerprint density at radius 2 is 2.17 bits per heavy atom.